The van der Waals surface area contributed by atoms with Crippen molar-refractivity contribution < 1.29 is 9.18 Å². The van der Waals surface area contributed by atoms with E-state index in [1.165, 1.54) is 31.1 Å². The molecule has 21 heavy (non-hydrogen) atoms. The first-order valence-corrected chi connectivity index (χ1v) is 7.59. The van der Waals surface area contributed by atoms with E-state index in [0.717, 1.165) is 31.5 Å². The summed E-state index contributed by atoms with van der Waals surface area (Å²) in [5.41, 5.74) is 0.771. The smallest absolute Gasteiger partial charge is 0.250 e. The molecule has 1 N–H and O–H groups in total. The van der Waals surface area contributed by atoms with Crippen molar-refractivity contribution in [2.24, 2.45) is 0 Å². The SMILES string of the molecule is O=C(/C=C/c1ccc(F)cc1)NC(=S)N1CCCCCC1. The Bertz CT molecular complexity index is 520. The number of halogens is 1. The second-order valence-electron chi connectivity index (χ2n) is 5.08. The lowest BCUT2D eigenvalue weighted by Gasteiger charge is -2.22. The summed E-state index contributed by atoms with van der Waals surface area (Å²) in [6.07, 6.45) is 7.72. The average Bonchev–Trinajstić information content (AvgIpc) is 2.76. The highest BCUT2D eigenvalue weighted by molar-refractivity contribution is 7.80. The van der Waals surface area contributed by atoms with Crippen LogP contribution in [0.15, 0.2) is 30.3 Å². The molecule has 0 spiro atoms. The van der Waals surface area contributed by atoms with Crippen LogP contribution in [0.2, 0.25) is 0 Å². The zero-order valence-corrected chi connectivity index (χ0v) is 12.7. The van der Waals surface area contributed by atoms with Crippen molar-refractivity contribution in [3.8, 4) is 0 Å². The fraction of sp³-hybridized carbons (Fsp3) is 0.375. The number of amides is 1. The Morgan fingerprint density at radius 2 is 1.76 bits per heavy atom. The minimum absolute atomic E-state index is 0.256. The summed E-state index contributed by atoms with van der Waals surface area (Å²) < 4.78 is 12.8. The van der Waals surface area contributed by atoms with Gasteiger partial charge >= 0.3 is 0 Å². The van der Waals surface area contributed by atoms with Crippen molar-refractivity contribution in [3.05, 3.63) is 41.7 Å². The van der Waals surface area contributed by atoms with Gasteiger partial charge in [-0.1, -0.05) is 25.0 Å². The Kier molecular flexibility index (Phi) is 5.87. The van der Waals surface area contributed by atoms with Gasteiger partial charge in [-0.3, -0.25) is 10.1 Å². The second kappa shape index (κ2) is 7.88. The molecule has 3 nitrogen and oxygen atoms in total. The predicted molar refractivity (Wildman–Crippen MR) is 86.2 cm³/mol. The number of carbonyl (C=O) groups excluding carboxylic acids is 1. The number of hydrogen-bond acceptors (Lipinski definition) is 2. The average molecular weight is 306 g/mol. The minimum Gasteiger partial charge on any atom is -0.349 e. The maximum absolute atomic E-state index is 12.8. The molecule has 112 valence electrons. The largest absolute Gasteiger partial charge is 0.349 e. The first kappa shape index (κ1) is 15.6. The zero-order valence-electron chi connectivity index (χ0n) is 11.8. The summed E-state index contributed by atoms with van der Waals surface area (Å²) in [5, 5.41) is 3.21. The summed E-state index contributed by atoms with van der Waals surface area (Å²) in [6, 6.07) is 5.96. The third kappa shape index (κ3) is 5.27. The fourth-order valence-electron chi connectivity index (χ4n) is 2.25. The summed E-state index contributed by atoms with van der Waals surface area (Å²) in [6.45, 7) is 1.81. The molecule has 0 radical (unpaired) electrons. The highest BCUT2D eigenvalue weighted by Crippen LogP contribution is 2.09. The van der Waals surface area contributed by atoms with Crippen LogP contribution in [0.4, 0.5) is 4.39 Å². The van der Waals surface area contributed by atoms with Gasteiger partial charge in [-0.05, 0) is 48.8 Å². The van der Waals surface area contributed by atoms with E-state index in [4.69, 9.17) is 12.2 Å². The van der Waals surface area contributed by atoms with Crippen LogP contribution in [0.1, 0.15) is 31.2 Å². The van der Waals surface area contributed by atoms with E-state index in [-0.39, 0.29) is 11.7 Å². The van der Waals surface area contributed by atoms with Gasteiger partial charge in [-0.15, -0.1) is 0 Å². The molecule has 1 aliphatic rings. The van der Waals surface area contributed by atoms with Gasteiger partial charge in [0.05, 0.1) is 0 Å². The monoisotopic (exact) mass is 306 g/mol. The molecule has 0 aliphatic carbocycles. The summed E-state index contributed by atoms with van der Waals surface area (Å²) in [4.78, 5) is 13.9. The standard InChI is InChI=1S/C16H19FN2OS/c17-14-8-5-13(6-9-14)7-10-15(20)18-16(21)19-11-3-1-2-4-12-19/h5-10H,1-4,11-12H2,(H,18,20,21)/b10-7+. The molecular formula is C16H19FN2OS. The quantitative estimate of drug-likeness (QED) is 0.673. The van der Waals surface area contributed by atoms with Crippen LogP contribution in [0.3, 0.4) is 0 Å². The molecule has 5 heteroatoms. The molecular weight excluding hydrogens is 287 g/mol. The third-order valence-electron chi connectivity index (χ3n) is 3.42. The van der Waals surface area contributed by atoms with E-state index in [1.54, 1.807) is 18.2 Å². The Labute approximate surface area is 129 Å². The number of thiocarbonyl (C=S) groups is 1. The zero-order chi connectivity index (χ0) is 15.1. The van der Waals surface area contributed by atoms with Crippen molar-refractivity contribution in [2.45, 2.75) is 25.7 Å². The number of benzene rings is 1. The Balaban J connectivity index is 1.85. The van der Waals surface area contributed by atoms with Gasteiger partial charge in [0.1, 0.15) is 5.82 Å². The van der Waals surface area contributed by atoms with Crippen molar-refractivity contribution in [1.29, 1.82) is 0 Å². The molecule has 2 rings (SSSR count). The number of carbonyl (C=O) groups is 1. The maximum atomic E-state index is 12.8. The van der Waals surface area contributed by atoms with Crippen LogP contribution in [0.5, 0.6) is 0 Å². The molecule has 0 bridgehead atoms. The number of rotatable bonds is 2. The molecule has 0 saturated carbocycles. The van der Waals surface area contributed by atoms with E-state index >= 15 is 0 Å². The summed E-state index contributed by atoms with van der Waals surface area (Å²) in [7, 11) is 0. The maximum Gasteiger partial charge on any atom is 0.250 e. The van der Waals surface area contributed by atoms with E-state index in [2.05, 4.69) is 5.32 Å². The van der Waals surface area contributed by atoms with Crippen LogP contribution in [-0.4, -0.2) is 29.0 Å². The minimum atomic E-state index is -0.293. The van der Waals surface area contributed by atoms with Crippen molar-refractivity contribution in [1.82, 2.24) is 10.2 Å². The summed E-state index contributed by atoms with van der Waals surface area (Å²) in [5.74, 6) is -0.549. The van der Waals surface area contributed by atoms with Gasteiger partial charge < -0.3 is 4.90 Å². The molecule has 1 aromatic rings. The molecule has 1 aliphatic heterocycles. The molecule has 0 unspecified atom stereocenters. The second-order valence-corrected chi connectivity index (χ2v) is 5.47. The first-order valence-electron chi connectivity index (χ1n) is 7.19. The Morgan fingerprint density at radius 1 is 1.14 bits per heavy atom. The van der Waals surface area contributed by atoms with Crippen molar-refractivity contribution in [2.75, 3.05) is 13.1 Å². The Hall–Kier alpha value is -1.75. The number of likely N-dealkylation sites (tertiary alicyclic amines) is 1. The topological polar surface area (TPSA) is 32.3 Å². The van der Waals surface area contributed by atoms with Gasteiger partial charge in [0.2, 0.25) is 5.91 Å². The van der Waals surface area contributed by atoms with E-state index in [9.17, 15) is 9.18 Å². The van der Waals surface area contributed by atoms with Crippen LogP contribution in [0.25, 0.3) is 6.08 Å². The predicted octanol–water partition coefficient (Wildman–Crippen LogP) is 3.12. The Morgan fingerprint density at radius 3 is 2.38 bits per heavy atom. The highest BCUT2D eigenvalue weighted by Gasteiger charge is 2.13. The number of nitrogens with zero attached hydrogens (tertiary/aromatic N) is 1. The van der Waals surface area contributed by atoms with Gasteiger partial charge in [0, 0.05) is 19.2 Å². The van der Waals surface area contributed by atoms with Crippen LogP contribution in [-0.2, 0) is 4.79 Å². The number of nitrogens with one attached hydrogen (secondary N) is 1. The van der Waals surface area contributed by atoms with Crippen LogP contribution < -0.4 is 5.32 Å². The van der Waals surface area contributed by atoms with Crippen LogP contribution >= 0.6 is 12.2 Å². The first-order chi connectivity index (χ1) is 10.1. The molecule has 1 fully saturated rings. The molecule has 0 atom stereocenters. The lowest BCUT2D eigenvalue weighted by Crippen LogP contribution is -2.42. The molecule has 1 amide bonds. The van der Waals surface area contributed by atoms with E-state index in [0.29, 0.717) is 5.11 Å². The summed E-state index contributed by atoms with van der Waals surface area (Å²) >= 11 is 5.27. The normalized spacial score (nSPS) is 15.8. The van der Waals surface area contributed by atoms with Gasteiger partial charge in [-0.25, -0.2) is 4.39 Å². The van der Waals surface area contributed by atoms with Gasteiger partial charge in [-0.2, -0.15) is 0 Å². The van der Waals surface area contributed by atoms with E-state index in [1.807, 2.05) is 4.90 Å². The molecule has 0 aromatic heterocycles. The molecule has 1 saturated heterocycles. The van der Waals surface area contributed by atoms with Gasteiger partial charge in [0.25, 0.3) is 0 Å². The van der Waals surface area contributed by atoms with Gasteiger partial charge in [0.15, 0.2) is 5.11 Å². The van der Waals surface area contributed by atoms with Crippen LogP contribution in [0, 0.1) is 5.82 Å². The number of hydrogen-bond donors (Lipinski definition) is 1. The highest BCUT2D eigenvalue weighted by atomic mass is 32.1. The van der Waals surface area contributed by atoms with E-state index < -0.39 is 0 Å². The fourth-order valence-corrected chi connectivity index (χ4v) is 2.53. The third-order valence-corrected chi connectivity index (χ3v) is 3.78. The lowest BCUT2D eigenvalue weighted by molar-refractivity contribution is -0.115. The van der Waals surface area contributed by atoms with Crippen molar-refractivity contribution >= 4 is 29.3 Å². The van der Waals surface area contributed by atoms with Crippen molar-refractivity contribution in [3.63, 3.8) is 0 Å². The lowest BCUT2D eigenvalue weighted by atomic mass is 10.2. The molecule has 1 heterocycles. The molecule has 1 aromatic carbocycles.